The minimum absolute atomic E-state index is 0.0224. The molecule has 0 unspecified atom stereocenters. The van der Waals surface area contributed by atoms with Crippen molar-refractivity contribution >= 4 is 23.2 Å². The van der Waals surface area contributed by atoms with Crippen molar-refractivity contribution in [2.24, 2.45) is 0 Å². The molecule has 138 valence electrons. The highest BCUT2D eigenvalue weighted by molar-refractivity contribution is 5.94. The number of hydrogen-bond acceptors (Lipinski definition) is 3. The summed E-state index contributed by atoms with van der Waals surface area (Å²) in [5.41, 5.74) is 2.96. The number of rotatable bonds is 9. The van der Waals surface area contributed by atoms with Crippen LogP contribution in [0.5, 0.6) is 0 Å². The molecule has 0 bridgehead atoms. The molecule has 0 aliphatic rings. The van der Waals surface area contributed by atoms with Crippen molar-refractivity contribution in [1.82, 2.24) is 5.32 Å². The van der Waals surface area contributed by atoms with Gasteiger partial charge in [-0.05, 0) is 50.1 Å². The summed E-state index contributed by atoms with van der Waals surface area (Å²) in [6, 6.07) is 17.6. The summed E-state index contributed by atoms with van der Waals surface area (Å²) in [5, 5.41) is 5.46. The zero-order valence-electron chi connectivity index (χ0n) is 15.5. The molecular weight excluding hydrogens is 326 g/mol. The first kappa shape index (κ1) is 19.5. The Balaban J connectivity index is 1.73. The highest BCUT2D eigenvalue weighted by atomic mass is 16.2. The number of aryl methyl sites for hydroxylation is 1. The maximum absolute atomic E-state index is 12.0. The van der Waals surface area contributed by atoms with Crippen molar-refractivity contribution in [3.8, 4) is 0 Å². The molecule has 26 heavy (non-hydrogen) atoms. The van der Waals surface area contributed by atoms with Gasteiger partial charge < -0.3 is 15.5 Å². The lowest BCUT2D eigenvalue weighted by molar-refractivity contribution is -0.124. The van der Waals surface area contributed by atoms with Crippen LogP contribution in [0.1, 0.15) is 25.8 Å². The van der Waals surface area contributed by atoms with E-state index in [4.69, 9.17) is 0 Å². The Bertz CT molecular complexity index is 695. The van der Waals surface area contributed by atoms with Gasteiger partial charge in [0.15, 0.2) is 0 Å². The van der Waals surface area contributed by atoms with Crippen molar-refractivity contribution in [1.29, 1.82) is 0 Å². The van der Waals surface area contributed by atoms with Crippen molar-refractivity contribution in [3.05, 3.63) is 60.2 Å². The van der Waals surface area contributed by atoms with Crippen LogP contribution in [-0.2, 0) is 16.0 Å². The van der Waals surface area contributed by atoms with Crippen LogP contribution in [0.3, 0.4) is 0 Å². The first-order valence-corrected chi connectivity index (χ1v) is 9.07. The third-order valence-electron chi connectivity index (χ3n) is 4.21. The monoisotopic (exact) mass is 353 g/mol. The van der Waals surface area contributed by atoms with Gasteiger partial charge in [-0.2, -0.15) is 0 Å². The summed E-state index contributed by atoms with van der Waals surface area (Å²) in [6.07, 6.45) is 1.04. The lowest BCUT2D eigenvalue weighted by Gasteiger charge is -2.21. The molecule has 0 saturated carbocycles. The second kappa shape index (κ2) is 10.2. The normalized spacial score (nSPS) is 10.2. The van der Waals surface area contributed by atoms with Gasteiger partial charge in [0, 0.05) is 30.9 Å². The molecule has 0 spiro atoms. The van der Waals surface area contributed by atoms with Gasteiger partial charge >= 0.3 is 0 Å². The van der Waals surface area contributed by atoms with Gasteiger partial charge in [0.1, 0.15) is 0 Å². The van der Waals surface area contributed by atoms with Crippen molar-refractivity contribution in [2.45, 2.75) is 26.7 Å². The fraction of sp³-hybridized carbons (Fsp3) is 0.333. The molecule has 2 rings (SSSR count). The van der Waals surface area contributed by atoms with Gasteiger partial charge in [0.05, 0.1) is 6.54 Å². The molecule has 0 atom stereocenters. The summed E-state index contributed by atoms with van der Waals surface area (Å²) in [6.45, 7) is 6.08. The summed E-state index contributed by atoms with van der Waals surface area (Å²) < 4.78 is 0. The van der Waals surface area contributed by atoms with Gasteiger partial charge in [0.2, 0.25) is 11.8 Å². The quantitative estimate of drug-likeness (QED) is 0.728. The number of amides is 2. The molecule has 0 aliphatic carbocycles. The smallest absolute Gasteiger partial charge is 0.243 e. The molecule has 0 radical (unpaired) electrons. The molecule has 0 heterocycles. The average Bonchev–Trinajstić information content (AvgIpc) is 2.68. The van der Waals surface area contributed by atoms with Crippen LogP contribution >= 0.6 is 0 Å². The van der Waals surface area contributed by atoms with Crippen molar-refractivity contribution in [3.63, 3.8) is 0 Å². The number of benzene rings is 2. The average molecular weight is 353 g/mol. The Hall–Kier alpha value is -2.82. The number of nitrogens with zero attached hydrogens (tertiary/aromatic N) is 1. The first-order valence-electron chi connectivity index (χ1n) is 9.07. The number of anilines is 2. The Morgan fingerprint density at radius 3 is 2.15 bits per heavy atom. The first-order chi connectivity index (χ1) is 12.6. The van der Waals surface area contributed by atoms with E-state index in [9.17, 15) is 9.59 Å². The highest BCUT2D eigenvalue weighted by Gasteiger charge is 2.07. The summed E-state index contributed by atoms with van der Waals surface area (Å²) in [5.74, 6) is -0.352. The summed E-state index contributed by atoms with van der Waals surface area (Å²) in [4.78, 5) is 26.1. The molecule has 2 aromatic rings. The maximum atomic E-state index is 12.0. The maximum Gasteiger partial charge on any atom is 0.243 e. The minimum Gasteiger partial charge on any atom is -0.372 e. The predicted molar refractivity (Wildman–Crippen MR) is 106 cm³/mol. The zero-order valence-corrected chi connectivity index (χ0v) is 15.5. The number of nitrogens with one attached hydrogen (secondary N) is 2. The number of carbonyl (C=O) groups excluding carboxylic acids is 2. The van der Waals surface area contributed by atoms with Gasteiger partial charge in [-0.15, -0.1) is 0 Å². The Kier molecular flexibility index (Phi) is 7.68. The molecule has 0 fully saturated rings. The largest absolute Gasteiger partial charge is 0.372 e. The van der Waals surface area contributed by atoms with Crippen LogP contribution in [0, 0.1) is 0 Å². The van der Waals surface area contributed by atoms with Crippen molar-refractivity contribution < 1.29 is 9.59 Å². The van der Waals surface area contributed by atoms with Gasteiger partial charge in [-0.25, -0.2) is 0 Å². The van der Waals surface area contributed by atoms with E-state index in [2.05, 4.69) is 29.4 Å². The Morgan fingerprint density at radius 1 is 0.885 bits per heavy atom. The number of hydrogen-bond donors (Lipinski definition) is 2. The van der Waals surface area contributed by atoms with Crippen LogP contribution in [0.25, 0.3) is 0 Å². The summed E-state index contributed by atoms with van der Waals surface area (Å²) in [7, 11) is 0. The molecule has 0 aromatic heterocycles. The molecule has 5 nitrogen and oxygen atoms in total. The Labute approximate surface area is 155 Å². The van der Waals surface area contributed by atoms with E-state index in [0.29, 0.717) is 12.8 Å². The van der Waals surface area contributed by atoms with Crippen LogP contribution in [0.4, 0.5) is 11.4 Å². The minimum atomic E-state index is -0.228. The van der Waals surface area contributed by atoms with Crippen LogP contribution in [0.15, 0.2) is 54.6 Å². The summed E-state index contributed by atoms with van der Waals surface area (Å²) >= 11 is 0. The fourth-order valence-corrected chi connectivity index (χ4v) is 2.72. The third-order valence-corrected chi connectivity index (χ3v) is 4.21. The van der Waals surface area contributed by atoms with E-state index in [1.54, 1.807) is 0 Å². The van der Waals surface area contributed by atoms with Crippen molar-refractivity contribution in [2.75, 3.05) is 29.9 Å². The standard InChI is InChI=1S/C21H27N3O2/c1-3-24(4-2)19-13-11-18(12-14-19)23-21(26)16-22-20(25)15-10-17-8-6-5-7-9-17/h5-9,11-14H,3-4,10,15-16H2,1-2H3,(H,22,25)(H,23,26). The van der Waals surface area contributed by atoms with E-state index in [-0.39, 0.29) is 18.4 Å². The fourth-order valence-electron chi connectivity index (χ4n) is 2.72. The molecule has 2 amide bonds. The van der Waals surface area contributed by atoms with Crippen LogP contribution in [0.2, 0.25) is 0 Å². The molecule has 0 saturated heterocycles. The number of carbonyl (C=O) groups is 2. The van der Waals surface area contributed by atoms with E-state index in [0.717, 1.165) is 30.0 Å². The van der Waals surface area contributed by atoms with Crippen LogP contribution < -0.4 is 15.5 Å². The lowest BCUT2D eigenvalue weighted by Crippen LogP contribution is -2.33. The van der Waals surface area contributed by atoms with E-state index < -0.39 is 0 Å². The molecule has 5 heteroatoms. The SMILES string of the molecule is CCN(CC)c1ccc(NC(=O)CNC(=O)CCc2ccccc2)cc1. The van der Waals surface area contributed by atoms with Crippen LogP contribution in [-0.4, -0.2) is 31.4 Å². The molecule has 2 aromatic carbocycles. The molecular formula is C21H27N3O2. The zero-order chi connectivity index (χ0) is 18.8. The lowest BCUT2D eigenvalue weighted by atomic mass is 10.1. The highest BCUT2D eigenvalue weighted by Crippen LogP contribution is 2.17. The van der Waals surface area contributed by atoms with Gasteiger partial charge in [-0.3, -0.25) is 9.59 Å². The Morgan fingerprint density at radius 2 is 1.54 bits per heavy atom. The van der Waals surface area contributed by atoms with E-state index in [1.807, 2.05) is 54.6 Å². The topological polar surface area (TPSA) is 61.4 Å². The molecule has 0 aliphatic heterocycles. The second-order valence-electron chi connectivity index (χ2n) is 6.03. The van der Waals surface area contributed by atoms with E-state index in [1.165, 1.54) is 0 Å². The van der Waals surface area contributed by atoms with E-state index >= 15 is 0 Å². The van der Waals surface area contributed by atoms with Gasteiger partial charge in [0.25, 0.3) is 0 Å². The molecule has 2 N–H and O–H groups in total. The predicted octanol–water partition coefficient (Wildman–Crippen LogP) is 3.22. The third kappa shape index (κ3) is 6.24. The van der Waals surface area contributed by atoms with Gasteiger partial charge in [-0.1, -0.05) is 30.3 Å². The second-order valence-corrected chi connectivity index (χ2v) is 6.03.